The van der Waals surface area contributed by atoms with E-state index in [4.69, 9.17) is 14.2 Å². The van der Waals surface area contributed by atoms with Gasteiger partial charge in [-0.15, -0.1) is 0 Å². The van der Waals surface area contributed by atoms with E-state index in [1.54, 1.807) is 6.20 Å². The van der Waals surface area contributed by atoms with Gasteiger partial charge in [-0.3, -0.25) is 0 Å². The summed E-state index contributed by atoms with van der Waals surface area (Å²) in [5.41, 5.74) is 3.17. The van der Waals surface area contributed by atoms with Crippen LogP contribution in [-0.2, 0) is 17.9 Å². The Balaban J connectivity index is 1.38. The second-order valence-corrected chi connectivity index (χ2v) is 14.7. The van der Waals surface area contributed by atoms with E-state index < -0.39 is 8.07 Å². The van der Waals surface area contributed by atoms with Crippen LogP contribution in [0.1, 0.15) is 5.56 Å². The van der Waals surface area contributed by atoms with E-state index in [9.17, 15) is 5.11 Å². The monoisotopic (exact) mass is 438 g/mol. The van der Waals surface area contributed by atoms with E-state index in [2.05, 4.69) is 24.7 Å². The molecule has 6 nitrogen and oxygen atoms in total. The summed E-state index contributed by atoms with van der Waals surface area (Å²) in [7, 11) is -1.09. The fourth-order valence-electron chi connectivity index (χ4n) is 3.48. The lowest BCUT2D eigenvalue weighted by Crippen LogP contribution is -2.22. The van der Waals surface area contributed by atoms with Gasteiger partial charge in [-0.25, -0.2) is 4.68 Å². The summed E-state index contributed by atoms with van der Waals surface area (Å²) in [6.07, 6.45) is 2.37. The van der Waals surface area contributed by atoms with Crippen molar-refractivity contribution in [3.05, 3.63) is 60.3 Å². The number of aliphatic hydroxyl groups excluding tert-OH is 1. The molecule has 1 aromatic heterocycles. The van der Waals surface area contributed by atoms with Crippen molar-refractivity contribution in [2.24, 2.45) is 0 Å². The molecule has 1 unspecified atom stereocenters. The molecule has 1 aliphatic heterocycles. The first kappa shape index (κ1) is 21.6. The molecule has 0 fully saturated rings. The Morgan fingerprint density at radius 1 is 1.10 bits per heavy atom. The second kappa shape index (κ2) is 9.26. The highest BCUT2D eigenvalue weighted by Gasteiger charge is 2.22. The van der Waals surface area contributed by atoms with Gasteiger partial charge in [0, 0.05) is 38.9 Å². The number of ether oxygens (including phenoxy) is 3. The minimum Gasteiger partial charge on any atom is -0.487 e. The Labute approximate surface area is 184 Å². The van der Waals surface area contributed by atoms with Gasteiger partial charge in [0.25, 0.3) is 0 Å². The van der Waals surface area contributed by atoms with Crippen molar-refractivity contribution in [3.63, 3.8) is 0 Å². The Morgan fingerprint density at radius 3 is 2.61 bits per heavy atom. The summed E-state index contributed by atoms with van der Waals surface area (Å²) in [6.45, 7) is 8.29. The number of hydrogen-bond donors (Lipinski definition) is 1. The molecule has 31 heavy (non-hydrogen) atoms. The molecular formula is C24H30N2O4Si. The number of rotatable bonds is 9. The average Bonchev–Trinajstić information content (AvgIpc) is 3.37. The summed E-state index contributed by atoms with van der Waals surface area (Å²) in [6, 6.07) is 16.9. The zero-order chi connectivity index (χ0) is 21.8. The topological polar surface area (TPSA) is 65.7 Å². The first-order valence-electron chi connectivity index (χ1n) is 10.7. The third-order valence-electron chi connectivity index (χ3n) is 5.30. The first-order valence-corrected chi connectivity index (χ1v) is 14.4. The van der Waals surface area contributed by atoms with Crippen LogP contribution in [0.2, 0.25) is 25.7 Å². The van der Waals surface area contributed by atoms with Gasteiger partial charge in [-0.1, -0.05) is 25.7 Å². The smallest absolute Gasteiger partial charge is 0.139 e. The lowest BCUT2D eigenvalue weighted by atomic mass is 10.1. The van der Waals surface area contributed by atoms with Crippen LogP contribution in [-0.4, -0.2) is 42.3 Å². The normalized spacial score (nSPS) is 15.5. The number of fused-ring (bicyclic) bond motifs is 1. The molecule has 0 bridgehead atoms. The van der Waals surface area contributed by atoms with Crippen LogP contribution < -0.4 is 9.47 Å². The predicted octanol–water partition coefficient (Wildman–Crippen LogP) is 4.95. The van der Waals surface area contributed by atoms with E-state index in [1.165, 1.54) is 0 Å². The largest absolute Gasteiger partial charge is 0.487 e. The molecule has 0 spiro atoms. The van der Waals surface area contributed by atoms with Gasteiger partial charge >= 0.3 is 0 Å². The molecular weight excluding hydrogens is 408 g/mol. The fourth-order valence-corrected chi connectivity index (χ4v) is 4.24. The zero-order valence-electron chi connectivity index (χ0n) is 18.4. The zero-order valence-corrected chi connectivity index (χ0v) is 19.4. The molecule has 0 aliphatic carbocycles. The molecule has 1 N–H and O–H groups in total. The maximum Gasteiger partial charge on any atom is 0.139 e. The average molecular weight is 439 g/mol. The van der Waals surface area contributed by atoms with Crippen LogP contribution in [0.25, 0.3) is 11.3 Å². The molecule has 164 valence electrons. The SMILES string of the molecule is C[Si](C)(C)CCOCn1nccc1-c1ccc(Oc2ccc3c(c2)OC(CO)C3)cc1. The molecule has 0 radical (unpaired) electrons. The van der Waals surface area contributed by atoms with Crippen molar-refractivity contribution in [1.29, 1.82) is 0 Å². The van der Waals surface area contributed by atoms with Crippen LogP contribution in [0.5, 0.6) is 17.2 Å². The van der Waals surface area contributed by atoms with Gasteiger partial charge in [-0.05, 0) is 48.0 Å². The third kappa shape index (κ3) is 5.55. The molecule has 2 heterocycles. The highest BCUT2D eigenvalue weighted by Crippen LogP contribution is 2.34. The Bertz CT molecular complexity index is 1010. The molecule has 0 amide bonds. The summed E-state index contributed by atoms with van der Waals surface area (Å²) in [5, 5.41) is 13.7. The second-order valence-electron chi connectivity index (χ2n) is 9.09. The maximum atomic E-state index is 9.29. The Hall–Kier alpha value is -2.61. The lowest BCUT2D eigenvalue weighted by Gasteiger charge is -2.16. The quantitative estimate of drug-likeness (QED) is 0.378. The predicted molar refractivity (Wildman–Crippen MR) is 123 cm³/mol. The first-order chi connectivity index (χ1) is 14.9. The van der Waals surface area contributed by atoms with Crippen molar-refractivity contribution in [2.75, 3.05) is 13.2 Å². The molecule has 4 rings (SSSR count). The van der Waals surface area contributed by atoms with E-state index in [1.807, 2.05) is 53.2 Å². The lowest BCUT2D eigenvalue weighted by molar-refractivity contribution is 0.0798. The fraction of sp³-hybridized carbons (Fsp3) is 0.375. The third-order valence-corrected chi connectivity index (χ3v) is 7.00. The van der Waals surface area contributed by atoms with Crippen LogP contribution in [0.15, 0.2) is 54.7 Å². The molecule has 1 atom stereocenters. The highest BCUT2D eigenvalue weighted by molar-refractivity contribution is 6.76. The van der Waals surface area contributed by atoms with Crippen molar-refractivity contribution < 1.29 is 19.3 Å². The Kier molecular flexibility index (Phi) is 6.45. The van der Waals surface area contributed by atoms with E-state index in [-0.39, 0.29) is 12.7 Å². The van der Waals surface area contributed by atoms with Crippen molar-refractivity contribution >= 4 is 8.07 Å². The Morgan fingerprint density at radius 2 is 1.87 bits per heavy atom. The highest BCUT2D eigenvalue weighted by atomic mass is 28.3. The van der Waals surface area contributed by atoms with Crippen LogP contribution in [0.4, 0.5) is 0 Å². The van der Waals surface area contributed by atoms with Gasteiger partial charge in [0.2, 0.25) is 0 Å². The van der Waals surface area contributed by atoms with Gasteiger partial charge < -0.3 is 19.3 Å². The van der Waals surface area contributed by atoms with E-state index >= 15 is 0 Å². The van der Waals surface area contributed by atoms with Crippen LogP contribution >= 0.6 is 0 Å². The summed E-state index contributed by atoms with van der Waals surface area (Å²) in [5.74, 6) is 2.25. The molecule has 1 aliphatic rings. The van der Waals surface area contributed by atoms with Gasteiger partial charge in [-0.2, -0.15) is 5.10 Å². The molecule has 3 aromatic rings. The summed E-state index contributed by atoms with van der Waals surface area (Å²) in [4.78, 5) is 0. The van der Waals surface area contributed by atoms with Crippen LogP contribution in [0.3, 0.4) is 0 Å². The summed E-state index contributed by atoms with van der Waals surface area (Å²) < 4.78 is 19.5. The maximum absolute atomic E-state index is 9.29. The number of aromatic nitrogens is 2. The molecule has 2 aromatic carbocycles. The van der Waals surface area contributed by atoms with Crippen molar-refractivity contribution in [3.8, 4) is 28.5 Å². The number of nitrogens with zero attached hydrogens (tertiary/aromatic N) is 2. The standard InChI is InChI=1S/C24H30N2O4Si/c1-31(2,3)13-12-28-17-26-23(10-11-25-26)18-4-7-20(8-5-18)29-21-9-6-19-14-22(16-27)30-24(19)15-21/h4-11,15,22,27H,12-14,16-17H2,1-3H3. The van der Waals surface area contributed by atoms with Gasteiger partial charge in [0.05, 0.1) is 12.3 Å². The number of hydrogen-bond acceptors (Lipinski definition) is 5. The van der Waals surface area contributed by atoms with E-state index in [0.29, 0.717) is 12.5 Å². The summed E-state index contributed by atoms with van der Waals surface area (Å²) >= 11 is 0. The van der Waals surface area contributed by atoms with Crippen molar-refractivity contribution in [1.82, 2.24) is 9.78 Å². The number of benzene rings is 2. The van der Waals surface area contributed by atoms with Crippen LogP contribution in [0, 0.1) is 0 Å². The minimum absolute atomic E-state index is 0.0201. The molecule has 7 heteroatoms. The van der Waals surface area contributed by atoms with E-state index in [0.717, 1.165) is 47.4 Å². The van der Waals surface area contributed by atoms with Crippen molar-refractivity contribution in [2.45, 2.75) is 44.9 Å². The van der Waals surface area contributed by atoms with Gasteiger partial charge in [0.15, 0.2) is 0 Å². The number of aliphatic hydroxyl groups is 1. The van der Waals surface area contributed by atoms with Gasteiger partial charge in [0.1, 0.15) is 30.1 Å². The molecule has 0 saturated carbocycles. The molecule has 0 saturated heterocycles. The minimum atomic E-state index is -1.09.